The van der Waals surface area contributed by atoms with E-state index in [0.717, 1.165) is 16.9 Å². The number of imide groups is 1. The van der Waals surface area contributed by atoms with Crippen LogP contribution in [0.15, 0.2) is 46.7 Å². The van der Waals surface area contributed by atoms with Gasteiger partial charge >= 0.3 is 5.97 Å². The molecular weight excluding hydrogens is 380 g/mol. The molecule has 0 atom stereocenters. The van der Waals surface area contributed by atoms with Crippen molar-refractivity contribution >= 4 is 39.1 Å². The number of carbonyl (C=O) groups is 3. The fraction of sp³-hybridized carbons (Fsp3) is 0.188. The van der Waals surface area contributed by atoms with E-state index in [2.05, 4.69) is 14.8 Å². The summed E-state index contributed by atoms with van der Waals surface area (Å²) in [5.74, 6) is -2.35. The van der Waals surface area contributed by atoms with Gasteiger partial charge in [0, 0.05) is 0 Å². The minimum Gasteiger partial charge on any atom is -0.455 e. The second kappa shape index (κ2) is 8.70. The van der Waals surface area contributed by atoms with E-state index in [0.29, 0.717) is 4.88 Å². The Hall–Kier alpha value is -2.56. The van der Waals surface area contributed by atoms with Crippen LogP contribution in [-0.4, -0.2) is 39.4 Å². The first-order valence-corrected chi connectivity index (χ1v) is 9.74. The highest BCUT2D eigenvalue weighted by Crippen LogP contribution is 2.09. The molecule has 138 valence electrons. The zero-order valence-corrected chi connectivity index (χ0v) is 15.4. The molecule has 0 aliphatic heterocycles. The minimum atomic E-state index is -3.86. The largest absolute Gasteiger partial charge is 0.455 e. The summed E-state index contributed by atoms with van der Waals surface area (Å²) in [6, 6.07) is 9.27. The fourth-order valence-electron chi connectivity index (χ4n) is 1.78. The number of ether oxygens (including phenoxy) is 1. The van der Waals surface area contributed by atoms with Crippen molar-refractivity contribution in [3.05, 3.63) is 52.2 Å². The summed E-state index contributed by atoms with van der Waals surface area (Å²) in [6.07, 6.45) is 0. The topological polar surface area (TPSA) is 119 Å². The number of esters is 1. The van der Waals surface area contributed by atoms with Gasteiger partial charge in [0.15, 0.2) is 6.61 Å². The fourth-order valence-corrected chi connectivity index (χ4v) is 3.37. The van der Waals surface area contributed by atoms with Gasteiger partial charge in [-0.25, -0.2) is 8.42 Å². The number of hydrogen-bond donors (Lipinski definition) is 2. The average Bonchev–Trinajstić information content (AvgIpc) is 3.13. The predicted octanol–water partition coefficient (Wildman–Crippen LogP) is 0.835. The van der Waals surface area contributed by atoms with E-state index in [1.807, 2.05) is 6.92 Å². The van der Waals surface area contributed by atoms with Gasteiger partial charge in [-0.1, -0.05) is 23.8 Å². The van der Waals surface area contributed by atoms with Crippen molar-refractivity contribution in [1.29, 1.82) is 0 Å². The zero-order valence-electron chi connectivity index (χ0n) is 13.7. The summed E-state index contributed by atoms with van der Waals surface area (Å²) in [7, 11) is -3.86. The van der Waals surface area contributed by atoms with Crippen LogP contribution in [0.5, 0.6) is 0 Å². The van der Waals surface area contributed by atoms with Gasteiger partial charge in [0.2, 0.25) is 10.0 Å². The Morgan fingerprint density at radius 3 is 2.42 bits per heavy atom. The van der Waals surface area contributed by atoms with Crippen LogP contribution in [-0.2, 0) is 24.3 Å². The lowest BCUT2D eigenvalue weighted by Gasteiger charge is -2.08. The molecule has 1 aromatic heterocycles. The Kier molecular flexibility index (Phi) is 6.61. The van der Waals surface area contributed by atoms with Crippen LogP contribution in [0.1, 0.15) is 15.2 Å². The Morgan fingerprint density at radius 2 is 1.81 bits per heavy atom. The molecule has 2 N–H and O–H groups in total. The van der Waals surface area contributed by atoms with E-state index in [4.69, 9.17) is 0 Å². The molecule has 2 amide bonds. The third-order valence-electron chi connectivity index (χ3n) is 3.10. The molecule has 0 aliphatic rings. The van der Waals surface area contributed by atoms with Crippen molar-refractivity contribution in [2.75, 3.05) is 13.2 Å². The van der Waals surface area contributed by atoms with E-state index in [1.165, 1.54) is 12.1 Å². The molecule has 0 aliphatic carbocycles. The van der Waals surface area contributed by atoms with Gasteiger partial charge in [0.05, 0.1) is 9.77 Å². The summed E-state index contributed by atoms with van der Waals surface area (Å²) < 4.78 is 30.8. The van der Waals surface area contributed by atoms with E-state index >= 15 is 0 Å². The lowest BCUT2D eigenvalue weighted by Crippen LogP contribution is -2.36. The summed E-state index contributed by atoms with van der Waals surface area (Å²) in [5.41, 5.74) is 0.895. The minimum absolute atomic E-state index is 0.00943. The Labute approximate surface area is 154 Å². The van der Waals surface area contributed by atoms with Crippen molar-refractivity contribution in [3.63, 3.8) is 0 Å². The molecule has 0 unspecified atom stereocenters. The number of sulfonamides is 1. The van der Waals surface area contributed by atoms with Gasteiger partial charge in [-0.05, 0) is 30.5 Å². The van der Waals surface area contributed by atoms with Gasteiger partial charge in [0.1, 0.15) is 6.54 Å². The van der Waals surface area contributed by atoms with Gasteiger partial charge < -0.3 is 4.74 Å². The number of rotatable bonds is 7. The maximum atomic E-state index is 12.0. The number of aryl methyl sites for hydroxylation is 1. The van der Waals surface area contributed by atoms with Crippen molar-refractivity contribution in [2.45, 2.75) is 11.8 Å². The number of carbonyl (C=O) groups excluding carboxylic acids is 3. The van der Waals surface area contributed by atoms with Crippen molar-refractivity contribution in [2.24, 2.45) is 0 Å². The second-order valence-electron chi connectivity index (χ2n) is 5.15. The van der Waals surface area contributed by atoms with Crippen molar-refractivity contribution in [1.82, 2.24) is 10.0 Å². The standard InChI is InChI=1S/C16H16N2O6S2/c1-11-4-6-12(7-5-11)26(22,23)17-9-15(20)24-10-14(19)18-16(21)13-3-2-8-25-13/h2-8,17H,9-10H2,1H3,(H,18,19,21). The van der Waals surface area contributed by atoms with Gasteiger partial charge in [-0.15, -0.1) is 11.3 Å². The molecule has 2 rings (SSSR count). The average molecular weight is 396 g/mol. The Balaban J connectivity index is 1.77. The quantitative estimate of drug-likeness (QED) is 0.670. The Morgan fingerprint density at radius 1 is 1.12 bits per heavy atom. The zero-order chi connectivity index (χ0) is 19.2. The van der Waals surface area contributed by atoms with Crippen LogP contribution in [0, 0.1) is 6.92 Å². The van der Waals surface area contributed by atoms with E-state index in [1.54, 1.807) is 29.6 Å². The van der Waals surface area contributed by atoms with Crippen molar-refractivity contribution < 1.29 is 27.5 Å². The monoisotopic (exact) mass is 396 g/mol. The lowest BCUT2D eigenvalue weighted by molar-refractivity contribution is -0.147. The van der Waals surface area contributed by atoms with Crippen LogP contribution in [0.25, 0.3) is 0 Å². The summed E-state index contributed by atoms with van der Waals surface area (Å²) in [6.45, 7) is 0.486. The van der Waals surface area contributed by atoms with Crippen LogP contribution in [0.4, 0.5) is 0 Å². The summed E-state index contributed by atoms with van der Waals surface area (Å²) in [4.78, 5) is 35.1. The summed E-state index contributed by atoms with van der Waals surface area (Å²) in [5, 5.41) is 3.74. The van der Waals surface area contributed by atoms with Crippen LogP contribution >= 0.6 is 11.3 Å². The third-order valence-corrected chi connectivity index (χ3v) is 5.39. The maximum absolute atomic E-state index is 12.0. The molecule has 1 heterocycles. The summed E-state index contributed by atoms with van der Waals surface area (Å²) >= 11 is 1.16. The van der Waals surface area contributed by atoms with Crippen molar-refractivity contribution in [3.8, 4) is 0 Å². The number of thiophene rings is 1. The molecule has 8 nitrogen and oxygen atoms in total. The first-order chi connectivity index (χ1) is 12.3. The molecule has 0 saturated carbocycles. The number of benzene rings is 1. The highest BCUT2D eigenvalue weighted by Gasteiger charge is 2.17. The van der Waals surface area contributed by atoms with E-state index in [9.17, 15) is 22.8 Å². The molecule has 0 spiro atoms. The molecule has 1 aromatic carbocycles. The van der Waals surface area contributed by atoms with Gasteiger partial charge in [-0.2, -0.15) is 4.72 Å². The molecule has 0 fully saturated rings. The maximum Gasteiger partial charge on any atom is 0.321 e. The number of hydrogen-bond acceptors (Lipinski definition) is 7. The Bertz CT molecular complexity index is 889. The normalized spacial score (nSPS) is 11.0. The SMILES string of the molecule is Cc1ccc(S(=O)(=O)NCC(=O)OCC(=O)NC(=O)c2cccs2)cc1. The highest BCUT2D eigenvalue weighted by atomic mass is 32.2. The van der Waals surface area contributed by atoms with Crippen LogP contribution in [0.2, 0.25) is 0 Å². The van der Waals surface area contributed by atoms with E-state index in [-0.39, 0.29) is 4.90 Å². The predicted molar refractivity (Wildman–Crippen MR) is 94.1 cm³/mol. The van der Waals surface area contributed by atoms with Gasteiger partial charge in [0.25, 0.3) is 11.8 Å². The first-order valence-electron chi connectivity index (χ1n) is 7.37. The number of nitrogens with one attached hydrogen (secondary N) is 2. The molecular formula is C16H16N2O6S2. The van der Waals surface area contributed by atoms with Crippen LogP contribution < -0.4 is 10.0 Å². The lowest BCUT2D eigenvalue weighted by atomic mass is 10.2. The van der Waals surface area contributed by atoms with Crippen LogP contribution in [0.3, 0.4) is 0 Å². The highest BCUT2D eigenvalue weighted by molar-refractivity contribution is 7.89. The molecule has 0 radical (unpaired) electrons. The second-order valence-corrected chi connectivity index (χ2v) is 7.87. The first kappa shape index (κ1) is 19.8. The smallest absolute Gasteiger partial charge is 0.321 e. The molecule has 2 aromatic rings. The van der Waals surface area contributed by atoms with Gasteiger partial charge in [-0.3, -0.25) is 19.7 Å². The molecule has 10 heteroatoms. The number of amides is 2. The molecule has 0 bridgehead atoms. The third kappa shape index (κ3) is 5.76. The molecule has 0 saturated heterocycles. The van der Waals surface area contributed by atoms with E-state index < -0.39 is 41.0 Å². The molecule has 26 heavy (non-hydrogen) atoms.